The number of benzene rings is 1. The number of aryl methyl sites for hydroxylation is 1. The molecule has 1 amide bonds. The molecule has 3 heterocycles. The van der Waals surface area contributed by atoms with E-state index in [1.165, 1.54) is 29.5 Å². The lowest BCUT2D eigenvalue weighted by Gasteiger charge is -2.25. The van der Waals surface area contributed by atoms with E-state index in [0.717, 1.165) is 48.7 Å². The van der Waals surface area contributed by atoms with Crippen molar-refractivity contribution in [2.75, 3.05) is 29.1 Å². The fourth-order valence-electron chi connectivity index (χ4n) is 3.76. The van der Waals surface area contributed by atoms with Crippen LogP contribution in [0.1, 0.15) is 31.7 Å². The molecule has 1 fully saturated rings. The molecule has 0 radical (unpaired) electrons. The molecule has 0 atom stereocenters. The maximum Gasteiger partial charge on any atom is 0.274 e. The number of piperidine rings is 1. The summed E-state index contributed by atoms with van der Waals surface area (Å²) in [7, 11) is 0. The Bertz CT molecular complexity index is 1180. The second kappa shape index (κ2) is 10.3. The summed E-state index contributed by atoms with van der Waals surface area (Å²) in [4.78, 5) is 37.3. The Labute approximate surface area is 195 Å². The number of hydrogen-bond acceptors (Lipinski definition) is 7. The van der Waals surface area contributed by atoms with E-state index < -0.39 is 0 Å². The predicted molar refractivity (Wildman–Crippen MR) is 133 cm³/mol. The number of fused-ring (bicyclic) bond motifs is 1. The number of hydrogen-bond donors (Lipinski definition) is 1. The molecule has 3 aromatic rings. The largest absolute Gasteiger partial charge is 0.348 e. The Balaban J connectivity index is 1.56. The number of nitrogens with zero attached hydrogens (tertiary/aromatic N) is 4. The fraction of sp³-hybridized carbons (Fsp3) is 0.391. The van der Waals surface area contributed by atoms with Gasteiger partial charge >= 0.3 is 0 Å². The Morgan fingerprint density at radius 1 is 1.25 bits per heavy atom. The summed E-state index contributed by atoms with van der Waals surface area (Å²) in [6.07, 6.45) is 6.02. The minimum atomic E-state index is -0.136. The fourth-order valence-corrected chi connectivity index (χ4v) is 5.57. The number of thiazole rings is 1. The molecule has 2 aromatic heterocycles. The lowest BCUT2D eigenvalue weighted by atomic mass is 10.1. The van der Waals surface area contributed by atoms with Gasteiger partial charge in [-0.1, -0.05) is 54.3 Å². The van der Waals surface area contributed by atoms with Crippen molar-refractivity contribution < 1.29 is 4.79 Å². The van der Waals surface area contributed by atoms with Gasteiger partial charge in [-0.25, -0.2) is 4.98 Å². The maximum absolute atomic E-state index is 13.2. The number of para-hydroxylation sites is 1. The second-order valence-corrected chi connectivity index (χ2v) is 9.56. The standard InChI is InChI=1S/C23H27N5O2S2/c1-3-12-28-21(30)19-20(25-22(32-19)27-13-8-5-9-14-27)26-23(28)31-15-18(29)24-17-11-7-6-10-16(17)4-2/h3,6-7,10-11H,1,4-5,8-9,12-15H2,2H3,(H,24,29). The van der Waals surface area contributed by atoms with Crippen molar-refractivity contribution in [3.05, 3.63) is 52.8 Å². The first-order valence-corrected chi connectivity index (χ1v) is 12.7. The molecule has 1 saturated heterocycles. The molecule has 0 bridgehead atoms. The highest BCUT2D eigenvalue weighted by molar-refractivity contribution is 7.99. The van der Waals surface area contributed by atoms with Crippen LogP contribution >= 0.6 is 23.1 Å². The van der Waals surface area contributed by atoms with E-state index in [0.29, 0.717) is 22.0 Å². The third-order valence-corrected chi connectivity index (χ3v) is 7.48. The SMILES string of the molecule is C=CCn1c(SCC(=O)Nc2ccccc2CC)nc2nc(N3CCCCC3)sc2c1=O. The van der Waals surface area contributed by atoms with Crippen LogP contribution in [0.3, 0.4) is 0 Å². The zero-order valence-electron chi connectivity index (χ0n) is 18.2. The van der Waals surface area contributed by atoms with Gasteiger partial charge in [0.1, 0.15) is 4.70 Å². The summed E-state index contributed by atoms with van der Waals surface area (Å²) < 4.78 is 2.13. The minimum Gasteiger partial charge on any atom is -0.348 e. The van der Waals surface area contributed by atoms with Crippen LogP contribution in [0, 0.1) is 0 Å². The summed E-state index contributed by atoms with van der Waals surface area (Å²) in [5.41, 5.74) is 2.23. The first-order chi connectivity index (χ1) is 15.6. The van der Waals surface area contributed by atoms with E-state index in [1.807, 2.05) is 24.3 Å². The average Bonchev–Trinajstić information content (AvgIpc) is 3.25. The number of rotatable bonds is 8. The normalized spacial score (nSPS) is 14.0. The van der Waals surface area contributed by atoms with Gasteiger partial charge in [-0.05, 0) is 37.3 Å². The molecule has 168 valence electrons. The Morgan fingerprint density at radius 2 is 2.03 bits per heavy atom. The highest BCUT2D eigenvalue weighted by Gasteiger charge is 2.20. The minimum absolute atomic E-state index is 0.130. The Morgan fingerprint density at radius 3 is 2.78 bits per heavy atom. The van der Waals surface area contributed by atoms with Crippen LogP contribution in [0.15, 0.2) is 46.9 Å². The maximum atomic E-state index is 13.2. The monoisotopic (exact) mass is 469 g/mol. The molecule has 9 heteroatoms. The lowest BCUT2D eigenvalue weighted by Crippen LogP contribution is -2.29. The Kier molecular flexibility index (Phi) is 7.26. The number of allylic oxidation sites excluding steroid dienone is 1. The van der Waals surface area contributed by atoms with Crippen LogP contribution in [0.4, 0.5) is 10.8 Å². The van der Waals surface area contributed by atoms with Crippen LogP contribution in [0.5, 0.6) is 0 Å². The van der Waals surface area contributed by atoms with Gasteiger partial charge in [-0.15, -0.1) is 6.58 Å². The van der Waals surface area contributed by atoms with Crippen LogP contribution in [0.2, 0.25) is 0 Å². The van der Waals surface area contributed by atoms with Crippen LogP contribution < -0.4 is 15.8 Å². The molecule has 32 heavy (non-hydrogen) atoms. The molecule has 4 rings (SSSR count). The van der Waals surface area contributed by atoms with Crippen LogP contribution in [-0.4, -0.2) is 39.3 Å². The van der Waals surface area contributed by atoms with Crippen LogP contribution in [0.25, 0.3) is 10.3 Å². The summed E-state index contributed by atoms with van der Waals surface area (Å²) in [5, 5.41) is 4.30. The quantitative estimate of drug-likeness (QED) is 0.301. The predicted octanol–water partition coefficient (Wildman–Crippen LogP) is 4.32. The summed E-state index contributed by atoms with van der Waals surface area (Å²) in [6, 6.07) is 7.77. The van der Waals surface area contributed by atoms with E-state index in [9.17, 15) is 9.59 Å². The number of anilines is 2. The van der Waals surface area contributed by atoms with E-state index >= 15 is 0 Å². The number of carbonyl (C=O) groups excluding carboxylic acids is 1. The van der Waals surface area contributed by atoms with Crippen molar-refractivity contribution in [1.82, 2.24) is 14.5 Å². The number of aromatic nitrogens is 3. The van der Waals surface area contributed by atoms with Gasteiger partial charge in [0, 0.05) is 25.3 Å². The smallest absolute Gasteiger partial charge is 0.274 e. The van der Waals surface area contributed by atoms with Crippen LogP contribution in [-0.2, 0) is 17.8 Å². The Hall–Kier alpha value is -2.65. The first kappa shape index (κ1) is 22.5. The van der Waals surface area contributed by atoms with E-state index in [2.05, 4.69) is 33.7 Å². The zero-order valence-corrected chi connectivity index (χ0v) is 19.8. The van der Waals surface area contributed by atoms with Gasteiger partial charge in [0.15, 0.2) is 15.9 Å². The van der Waals surface area contributed by atoms with E-state index in [4.69, 9.17) is 0 Å². The molecule has 1 aromatic carbocycles. The number of thioether (sulfide) groups is 1. The molecule has 0 aliphatic carbocycles. The van der Waals surface area contributed by atoms with Crippen molar-refractivity contribution in [3.63, 3.8) is 0 Å². The van der Waals surface area contributed by atoms with E-state index in [-0.39, 0.29) is 17.2 Å². The van der Waals surface area contributed by atoms with Crippen molar-refractivity contribution in [2.24, 2.45) is 0 Å². The molecular weight excluding hydrogens is 442 g/mol. The molecule has 0 saturated carbocycles. The summed E-state index contributed by atoms with van der Waals surface area (Å²) in [6.45, 7) is 8.08. The molecule has 7 nitrogen and oxygen atoms in total. The van der Waals surface area contributed by atoms with Crippen molar-refractivity contribution >= 4 is 50.2 Å². The molecule has 1 aliphatic rings. The average molecular weight is 470 g/mol. The van der Waals surface area contributed by atoms with Gasteiger partial charge in [-0.3, -0.25) is 14.2 Å². The molecular formula is C23H27N5O2S2. The number of nitrogens with one attached hydrogen (secondary N) is 1. The molecule has 1 N–H and O–H groups in total. The van der Waals surface area contributed by atoms with Gasteiger partial charge in [0.05, 0.1) is 5.75 Å². The number of amides is 1. The van der Waals surface area contributed by atoms with Crippen molar-refractivity contribution in [2.45, 2.75) is 44.3 Å². The van der Waals surface area contributed by atoms with Gasteiger partial charge in [0.2, 0.25) is 5.91 Å². The van der Waals surface area contributed by atoms with Crippen molar-refractivity contribution in [1.29, 1.82) is 0 Å². The molecule has 0 unspecified atom stereocenters. The highest BCUT2D eigenvalue weighted by atomic mass is 32.2. The third-order valence-electron chi connectivity index (χ3n) is 5.41. The van der Waals surface area contributed by atoms with Gasteiger partial charge in [0.25, 0.3) is 5.56 Å². The summed E-state index contributed by atoms with van der Waals surface area (Å²) >= 11 is 2.65. The van der Waals surface area contributed by atoms with Gasteiger partial charge in [-0.2, -0.15) is 4.98 Å². The van der Waals surface area contributed by atoms with E-state index in [1.54, 1.807) is 10.6 Å². The summed E-state index contributed by atoms with van der Waals surface area (Å²) in [5.74, 6) is 0.0127. The first-order valence-electron chi connectivity index (χ1n) is 10.9. The number of carbonyl (C=O) groups is 1. The zero-order chi connectivity index (χ0) is 22.5. The highest BCUT2D eigenvalue weighted by Crippen LogP contribution is 2.29. The van der Waals surface area contributed by atoms with Crippen molar-refractivity contribution in [3.8, 4) is 0 Å². The lowest BCUT2D eigenvalue weighted by molar-refractivity contribution is -0.113. The molecule has 1 aliphatic heterocycles. The molecule has 0 spiro atoms. The third kappa shape index (κ3) is 4.88. The topological polar surface area (TPSA) is 80.1 Å². The van der Waals surface area contributed by atoms with Gasteiger partial charge < -0.3 is 10.2 Å². The second-order valence-electron chi connectivity index (χ2n) is 7.64.